The van der Waals surface area contributed by atoms with E-state index in [9.17, 15) is 0 Å². The fourth-order valence-electron chi connectivity index (χ4n) is 4.28. The smallest absolute Gasteiger partial charge is 0.0242 e. The first-order chi connectivity index (χ1) is 16.1. The maximum absolute atomic E-state index is 4.61. The van der Waals surface area contributed by atoms with E-state index in [4.69, 9.17) is 0 Å². The van der Waals surface area contributed by atoms with Crippen molar-refractivity contribution in [2.24, 2.45) is 0 Å². The second-order valence-electron chi connectivity index (χ2n) is 8.43. The van der Waals surface area contributed by atoms with E-state index in [1.807, 2.05) is 60.9 Å². The van der Waals surface area contributed by atoms with Crippen molar-refractivity contribution in [1.29, 1.82) is 0 Å². The zero-order valence-corrected chi connectivity index (χ0v) is 21.4. The van der Waals surface area contributed by atoms with Gasteiger partial charge >= 0.3 is 0 Å². The molecule has 1 aliphatic rings. The van der Waals surface area contributed by atoms with E-state index >= 15 is 0 Å². The van der Waals surface area contributed by atoms with Crippen molar-refractivity contribution in [1.82, 2.24) is 15.0 Å². The molecule has 0 atom stereocenters. The number of nitrogens with zero attached hydrogens (tertiary/aromatic N) is 3. The molecule has 1 aliphatic carbocycles. The van der Waals surface area contributed by atoms with Gasteiger partial charge < -0.3 is 15.0 Å². The van der Waals surface area contributed by atoms with Gasteiger partial charge in [-0.2, -0.15) is 0 Å². The van der Waals surface area contributed by atoms with Crippen LogP contribution >= 0.6 is 0 Å². The third-order valence-corrected chi connectivity index (χ3v) is 6.00. The standard InChI is InChI=1S/C19H15N2.C11H8N.Ir/c1-19(2)16-8-4-3-7-14(16)15-12-21-18(10-17(15)19)13-6-5-9-20-11-13;1-2-6-10(7-3-1)11-8-4-5-9-12-11;/h3-5,7-12H,1-2H3;1-6,8-9H;/q2*-1;. The van der Waals surface area contributed by atoms with Crippen LogP contribution in [0.3, 0.4) is 0 Å². The van der Waals surface area contributed by atoms with Crippen LogP contribution in [0.2, 0.25) is 0 Å². The van der Waals surface area contributed by atoms with Crippen LogP contribution in [0.15, 0.2) is 104 Å². The Hall–Kier alpha value is -3.46. The summed E-state index contributed by atoms with van der Waals surface area (Å²) in [6.45, 7) is 4.54. The van der Waals surface area contributed by atoms with Gasteiger partial charge in [0.1, 0.15) is 0 Å². The van der Waals surface area contributed by atoms with E-state index in [-0.39, 0.29) is 25.5 Å². The third kappa shape index (κ3) is 4.61. The van der Waals surface area contributed by atoms with Crippen molar-refractivity contribution in [3.05, 3.63) is 127 Å². The molecular weight excluding hydrogens is 595 g/mol. The first-order valence-electron chi connectivity index (χ1n) is 11.0. The first kappa shape index (κ1) is 23.7. The maximum atomic E-state index is 4.61. The average Bonchev–Trinajstić information content (AvgIpc) is 3.12. The van der Waals surface area contributed by atoms with Gasteiger partial charge in [-0.15, -0.1) is 53.6 Å². The molecule has 0 fully saturated rings. The largest absolute Gasteiger partial charge is 0.360 e. The minimum absolute atomic E-state index is 0. The molecular formula is C30H23IrN3-2. The molecule has 34 heavy (non-hydrogen) atoms. The van der Waals surface area contributed by atoms with Crippen molar-refractivity contribution >= 4 is 0 Å². The van der Waals surface area contributed by atoms with Gasteiger partial charge in [-0.25, -0.2) is 0 Å². The molecule has 0 spiro atoms. The van der Waals surface area contributed by atoms with E-state index in [0.29, 0.717) is 0 Å². The summed E-state index contributed by atoms with van der Waals surface area (Å²) in [6.07, 6.45) is 7.32. The second kappa shape index (κ2) is 10.2. The molecule has 2 aromatic carbocycles. The number of hydrogen-bond donors (Lipinski definition) is 0. The second-order valence-corrected chi connectivity index (χ2v) is 8.43. The fourth-order valence-corrected chi connectivity index (χ4v) is 4.28. The van der Waals surface area contributed by atoms with E-state index in [2.05, 4.69) is 71.3 Å². The number of fused-ring (bicyclic) bond motifs is 3. The van der Waals surface area contributed by atoms with Gasteiger partial charge in [-0.3, -0.25) is 0 Å². The molecule has 3 aromatic heterocycles. The van der Waals surface area contributed by atoms with Crippen LogP contribution in [-0.4, -0.2) is 15.0 Å². The van der Waals surface area contributed by atoms with Crippen LogP contribution in [0.4, 0.5) is 0 Å². The van der Waals surface area contributed by atoms with Crippen molar-refractivity contribution in [3.63, 3.8) is 0 Å². The van der Waals surface area contributed by atoms with Gasteiger partial charge in [0.25, 0.3) is 0 Å². The monoisotopic (exact) mass is 618 g/mol. The predicted octanol–water partition coefficient (Wildman–Crippen LogP) is 6.80. The zero-order chi connectivity index (χ0) is 22.7. The Balaban J connectivity index is 0.000000180. The van der Waals surface area contributed by atoms with Crippen molar-refractivity contribution in [2.45, 2.75) is 19.3 Å². The Kier molecular flexibility index (Phi) is 7.11. The maximum Gasteiger partial charge on any atom is 0.0242 e. The number of pyridine rings is 3. The van der Waals surface area contributed by atoms with E-state index in [0.717, 1.165) is 22.5 Å². The van der Waals surface area contributed by atoms with Gasteiger partial charge in [0.2, 0.25) is 0 Å². The molecule has 0 N–H and O–H groups in total. The number of rotatable bonds is 2. The van der Waals surface area contributed by atoms with Gasteiger partial charge in [0.15, 0.2) is 0 Å². The predicted molar refractivity (Wildman–Crippen MR) is 132 cm³/mol. The van der Waals surface area contributed by atoms with Crippen molar-refractivity contribution in [2.75, 3.05) is 0 Å². The summed E-state index contributed by atoms with van der Waals surface area (Å²) in [5.41, 5.74) is 9.12. The third-order valence-electron chi connectivity index (χ3n) is 6.00. The van der Waals surface area contributed by atoms with Gasteiger partial charge in [0, 0.05) is 43.5 Å². The minimum atomic E-state index is 0. The Morgan fingerprint density at radius 2 is 1.44 bits per heavy atom. The van der Waals surface area contributed by atoms with Gasteiger partial charge in [-0.05, 0) is 34.1 Å². The van der Waals surface area contributed by atoms with Crippen LogP contribution < -0.4 is 0 Å². The first-order valence-corrected chi connectivity index (χ1v) is 11.0. The molecule has 0 amide bonds. The van der Waals surface area contributed by atoms with Crippen LogP contribution in [-0.2, 0) is 25.5 Å². The SMILES string of the molecule is CC1(C)c2ccccc2-c2cnc(-c3[c-]ccnc3)cc21.[Ir].[c-]1ccccc1-c1ccccn1. The quantitative estimate of drug-likeness (QED) is 0.205. The fraction of sp³-hybridized carbons (Fsp3) is 0.100. The van der Waals surface area contributed by atoms with Gasteiger partial charge in [0.05, 0.1) is 0 Å². The molecule has 1 radical (unpaired) electrons. The average molecular weight is 618 g/mol. The Morgan fingerprint density at radius 3 is 2.18 bits per heavy atom. The number of benzene rings is 2. The Labute approximate surface area is 214 Å². The molecule has 6 rings (SSSR count). The summed E-state index contributed by atoms with van der Waals surface area (Å²) in [5, 5.41) is 0. The molecule has 0 saturated carbocycles. The molecule has 0 aliphatic heterocycles. The summed E-state index contributed by atoms with van der Waals surface area (Å²) < 4.78 is 0. The summed E-state index contributed by atoms with van der Waals surface area (Å²) in [5.74, 6) is 0. The molecule has 0 unspecified atom stereocenters. The molecule has 3 heterocycles. The summed E-state index contributed by atoms with van der Waals surface area (Å²) in [7, 11) is 0. The number of hydrogen-bond acceptors (Lipinski definition) is 3. The normalized spacial score (nSPS) is 12.4. The molecule has 5 aromatic rings. The minimum Gasteiger partial charge on any atom is -0.360 e. The molecule has 3 nitrogen and oxygen atoms in total. The van der Waals surface area contributed by atoms with E-state index < -0.39 is 0 Å². The zero-order valence-electron chi connectivity index (χ0n) is 19.0. The van der Waals surface area contributed by atoms with E-state index in [1.165, 1.54) is 22.3 Å². The molecule has 0 bridgehead atoms. The summed E-state index contributed by atoms with van der Waals surface area (Å²) in [6, 6.07) is 32.6. The van der Waals surface area contributed by atoms with Crippen molar-refractivity contribution in [3.8, 4) is 33.6 Å². The van der Waals surface area contributed by atoms with E-state index in [1.54, 1.807) is 12.4 Å². The van der Waals surface area contributed by atoms with Crippen LogP contribution in [0.25, 0.3) is 33.6 Å². The van der Waals surface area contributed by atoms with Crippen LogP contribution in [0, 0.1) is 12.1 Å². The van der Waals surface area contributed by atoms with Crippen molar-refractivity contribution < 1.29 is 20.1 Å². The Morgan fingerprint density at radius 1 is 0.647 bits per heavy atom. The molecule has 4 heteroatoms. The van der Waals surface area contributed by atoms with Crippen LogP contribution in [0.1, 0.15) is 25.0 Å². The van der Waals surface area contributed by atoms with Gasteiger partial charge in [-0.1, -0.05) is 68.7 Å². The molecule has 0 saturated heterocycles. The summed E-state index contributed by atoms with van der Waals surface area (Å²) >= 11 is 0. The summed E-state index contributed by atoms with van der Waals surface area (Å²) in [4.78, 5) is 13.0. The molecule has 169 valence electrons. The topological polar surface area (TPSA) is 38.7 Å². The number of aromatic nitrogens is 3. The Bertz CT molecular complexity index is 1330. The van der Waals surface area contributed by atoms with Crippen LogP contribution in [0.5, 0.6) is 0 Å².